The molecule has 0 bridgehead atoms. The molecule has 1 heterocycles. The number of nitrogens with one attached hydrogen (secondary N) is 1. The lowest BCUT2D eigenvalue weighted by molar-refractivity contribution is -0.148. The maximum Gasteiger partial charge on any atom is 0.248 e. The quantitative estimate of drug-likeness (QED) is 0.921. The molecule has 2 amide bonds. The second-order valence-corrected chi connectivity index (χ2v) is 5.66. The van der Waals surface area contributed by atoms with Crippen LogP contribution in [0.15, 0.2) is 18.2 Å². The van der Waals surface area contributed by atoms with Gasteiger partial charge in [-0.15, -0.1) is 0 Å². The van der Waals surface area contributed by atoms with Gasteiger partial charge in [-0.25, -0.2) is 0 Å². The van der Waals surface area contributed by atoms with Crippen LogP contribution in [-0.4, -0.2) is 35.9 Å². The van der Waals surface area contributed by atoms with E-state index in [9.17, 15) is 9.59 Å². The van der Waals surface area contributed by atoms with Crippen molar-refractivity contribution in [2.75, 3.05) is 13.7 Å². The Morgan fingerprint density at radius 1 is 1.40 bits per heavy atom. The molecule has 1 aromatic rings. The van der Waals surface area contributed by atoms with E-state index in [1.54, 1.807) is 39.2 Å². The van der Waals surface area contributed by atoms with Crippen LogP contribution in [0.25, 0.3) is 0 Å². The second-order valence-electron chi connectivity index (χ2n) is 5.26. The first-order valence-electron chi connectivity index (χ1n) is 6.27. The van der Waals surface area contributed by atoms with Gasteiger partial charge in [0.1, 0.15) is 11.3 Å². The van der Waals surface area contributed by atoms with Crippen molar-refractivity contribution in [3.63, 3.8) is 0 Å². The molecule has 108 valence electrons. The van der Waals surface area contributed by atoms with Crippen molar-refractivity contribution in [2.45, 2.75) is 25.9 Å². The number of piperazine rings is 1. The zero-order chi connectivity index (χ0) is 14.9. The molecule has 1 aromatic carbocycles. The fourth-order valence-corrected chi connectivity index (χ4v) is 2.51. The molecule has 0 aliphatic carbocycles. The Bertz CT molecular complexity index is 557. The number of rotatable bonds is 3. The highest BCUT2D eigenvalue weighted by molar-refractivity contribution is 6.31. The van der Waals surface area contributed by atoms with E-state index < -0.39 is 5.54 Å². The number of methoxy groups -OCH3 is 1. The summed E-state index contributed by atoms with van der Waals surface area (Å²) < 4.78 is 5.26. The number of nitrogens with zero attached hydrogens (tertiary/aromatic N) is 1. The van der Waals surface area contributed by atoms with E-state index in [1.807, 2.05) is 0 Å². The summed E-state index contributed by atoms with van der Waals surface area (Å²) >= 11 is 6.16. The molecule has 1 fully saturated rings. The maximum absolute atomic E-state index is 12.3. The molecule has 0 atom stereocenters. The number of hydrogen-bond donors (Lipinski definition) is 1. The molecule has 0 aromatic heterocycles. The van der Waals surface area contributed by atoms with Gasteiger partial charge in [0, 0.05) is 10.6 Å². The third kappa shape index (κ3) is 2.72. The largest absolute Gasteiger partial charge is 0.496 e. The second kappa shape index (κ2) is 5.32. The molecule has 0 radical (unpaired) electrons. The minimum atomic E-state index is -0.899. The van der Waals surface area contributed by atoms with Crippen molar-refractivity contribution in [1.29, 1.82) is 0 Å². The summed E-state index contributed by atoms with van der Waals surface area (Å²) in [6, 6.07) is 5.29. The predicted octanol–water partition coefficient (Wildman–Crippen LogP) is 1.59. The number of benzene rings is 1. The lowest BCUT2D eigenvalue weighted by Gasteiger charge is -2.37. The molecule has 1 N–H and O–H groups in total. The van der Waals surface area contributed by atoms with Gasteiger partial charge in [0.05, 0.1) is 20.2 Å². The summed E-state index contributed by atoms with van der Waals surface area (Å²) in [4.78, 5) is 25.5. The van der Waals surface area contributed by atoms with Crippen molar-refractivity contribution in [1.82, 2.24) is 10.2 Å². The first kappa shape index (κ1) is 14.7. The summed E-state index contributed by atoms with van der Waals surface area (Å²) in [5, 5.41) is 3.18. The first-order chi connectivity index (χ1) is 9.35. The highest BCUT2D eigenvalue weighted by Crippen LogP contribution is 2.28. The van der Waals surface area contributed by atoms with Crippen LogP contribution in [0, 0.1) is 0 Å². The Morgan fingerprint density at radius 2 is 2.10 bits per heavy atom. The van der Waals surface area contributed by atoms with Gasteiger partial charge in [0.25, 0.3) is 0 Å². The lowest BCUT2D eigenvalue weighted by Crippen LogP contribution is -2.63. The topological polar surface area (TPSA) is 58.6 Å². The van der Waals surface area contributed by atoms with Crippen LogP contribution >= 0.6 is 11.6 Å². The average molecular weight is 297 g/mol. The van der Waals surface area contributed by atoms with E-state index in [-0.39, 0.29) is 24.9 Å². The van der Waals surface area contributed by atoms with Gasteiger partial charge >= 0.3 is 0 Å². The van der Waals surface area contributed by atoms with Gasteiger partial charge in [-0.1, -0.05) is 17.7 Å². The zero-order valence-corrected chi connectivity index (χ0v) is 12.5. The number of ether oxygens (including phenoxy) is 1. The Hall–Kier alpha value is -1.75. The first-order valence-corrected chi connectivity index (χ1v) is 6.64. The van der Waals surface area contributed by atoms with Crippen LogP contribution < -0.4 is 10.1 Å². The van der Waals surface area contributed by atoms with Crippen molar-refractivity contribution >= 4 is 23.4 Å². The summed E-state index contributed by atoms with van der Waals surface area (Å²) in [5.74, 6) is 0.286. The highest BCUT2D eigenvalue weighted by atomic mass is 35.5. The molecule has 2 rings (SSSR count). The Kier molecular flexibility index (Phi) is 3.90. The molecular weight excluding hydrogens is 280 g/mol. The van der Waals surface area contributed by atoms with E-state index >= 15 is 0 Å². The van der Waals surface area contributed by atoms with Crippen LogP contribution in [-0.2, 0) is 16.1 Å². The number of hydrogen-bond acceptors (Lipinski definition) is 3. The molecule has 1 aliphatic rings. The standard InChI is InChI=1S/C14H17ClN2O3/c1-14(2)13(19)17(8-12(18)16-14)7-9-10(15)5-4-6-11(9)20-3/h4-6H,7-8H2,1-3H3,(H,16,18). The zero-order valence-electron chi connectivity index (χ0n) is 11.7. The van der Waals surface area contributed by atoms with Crippen LogP contribution in [0.4, 0.5) is 0 Å². The number of carbonyl (C=O) groups is 2. The van der Waals surface area contributed by atoms with Gasteiger partial charge in [-0.3, -0.25) is 9.59 Å². The van der Waals surface area contributed by atoms with E-state index in [4.69, 9.17) is 16.3 Å². The van der Waals surface area contributed by atoms with Crippen LogP contribution in [0.5, 0.6) is 5.75 Å². The summed E-state index contributed by atoms with van der Waals surface area (Å²) in [6.45, 7) is 3.64. The molecule has 6 heteroatoms. The third-order valence-corrected chi connectivity index (χ3v) is 3.61. The Labute approximate surface area is 122 Å². The molecule has 1 saturated heterocycles. The van der Waals surface area contributed by atoms with Gasteiger partial charge < -0.3 is 15.0 Å². The summed E-state index contributed by atoms with van der Waals surface area (Å²) in [7, 11) is 1.55. The Morgan fingerprint density at radius 3 is 2.75 bits per heavy atom. The van der Waals surface area contributed by atoms with Crippen LogP contribution in [0.3, 0.4) is 0 Å². The molecule has 5 nitrogen and oxygen atoms in total. The number of amides is 2. The number of halogens is 1. The molecule has 1 aliphatic heterocycles. The van der Waals surface area contributed by atoms with Crippen molar-refractivity contribution < 1.29 is 14.3 Å². The normalized spacial score (nSPS) is 17.9. The van der Waals surface area contributed by atoms with Gasteiger partial charge in [0.15, 0.2) is 0 Å². The van der Waals surface area contributed by atoms with E-state index in [0.717, 1.165) is 0 Å². The van der Waals surface area contributed by atoms with Crippen molar-refractivity contribution in [3.8, 4) is 5.75 Å². The smallest absolute Gasteiger partial charge is 0.248 e. The van der Waals surface area contributed by atoms with E-state index in [2.05, 4.69) is 5.32 Å². The maximum atomic E-state index is 12.3. The van der Waals surface area contributed by atoms with Crippen LogP contribution in [0.2, 0.25) is 5.02 Å². The summed E-state index contributed by atoms with van der Waals surface area (Å²) in [5.41, 5.74) is -0.195. The molecule has 0 saturated carbocycles. The van der Waals surface area contributed by atoms with Gasteiger partial charge in [-0.05, 0) is 26.0 Å². The fraction of sp³-hybridized carbons (Fsp3) is 0.429. The predicted molar refractivity (Wildman–Crippen MR) is 75.6 cm³/mol. The van der Waals surface area contributed by atoms with Crippen LogP contribution in [0.1, 0.15) is 19.4 Å². The molecule has 20 heavy (non-hydrogen) atoms. The molecular formula is C14H17ClN2O3. The van der Waals surface area contributed by atoms with Gasteiger partial charge in [0.2, 0.25) is 11.8 Å². The summed E-state index contributed by atoms with van der Waals surface area (Å²) in [6.07, 6.45) is 0. The minimum absolute atomic E-state index is 0.0244. The third-order valence-electron chi connectivity index (χ3n) is 3.25. The highest BCUT2D eigenvalue weighted by Gasteiger charge is 2.39. The van der Waals surface area contributed by atoms with E-state index in [0.29, 0.717) is 16.3 Å². The van der Waals surface area contributed by atoms with E-state index in [1.165, 1.54) is 4.90 Å². The minimum Gasteiger partial charge on any atom is -0.496 e. The average Bonchev–Trinajstić information content (AvgIpc) is 2.37. The monoisotopic (exact) mass is 296 g/mol. The lowest BCUT2D eigenvalue weighted by atomic mass is 10.00. The SMILES string of the molecule is COc1cccc(Cl)c1CN1CC(=O)NC(C)(C)C1=O. The van der Waals surface area contributed by atoms with Crippen molar-refractivity contribution in [2.24, 2.45) is 0 Å². The molecule has 0 spiro atoms. The Balaban J connectivity index is 2.30. The number of carbonyl (C=O) groups excluding carboxylic acids is 2. The van der Waals surface area contributed by atoms with Gasteiger partial charge in [-0.2, -0.15) is 0 Å². The molecule has 0 unspecified atom stereocenters. The van der Waals surface area contributed by atoms with Crippen molar-refractivity contribution in [3.05, 3.63) is 28.8 Å². The fourth-order valence-electron chi connectivity index (χ4n) is 2.28.